The molecule has 0 aliphatic carbocycles. The number of nitrogens with zero attached hydrogens (tertiary/aromatic N) is 1. The molecule has 0 radical (unpaired) electrons. The largest absolute Gasteiger partial charge is 0.396 e. The predicted octanol–water partition coefficient (Wildman–Crippen LogP) is -0.503. The van der Waals surface area contributed by atoms with Gasteiger partial charge in [-0.2, -0.15) is 12.6 Å². The number of carbonyl (C=O) groups is 2. The van der Waals surface area contributed by atoms with Crippen LogP contribution in [0.4, 0.5) is 0 Å². The highest BCUT2D eigenvalue weighted by molar-refractivity contribution is 7.80. The molecule has 1 aromatic carbocycles. The van der Waals surface area contributed by atoms with Gasteiger partial charge in [-0.15, -0.1) is 0 Å². The van der Waals surface area contributed by atoms with Gasteiger partial charge in [0.15, 0.2) is 0 Å². The molecule has 1 aliphatic rings. The van der Waals surface area contributed by atoms with Crippen LogP contribution in [0.3, 0.4) is 0 Å². The van der Waals surface area contributed by atoms with Crippen molar-refractivity contribution >= 4 is 44.5 Å². The van der Waals surface area contributed by atoms with E-state index in [0.717, 1.165) is 22.3 Å². The molecule has 1 aromatic rings. The van der Waals surface area contributed by atoms with E-state index in [2.05, 4.69) is 24.4 Å². The second kappa shape index (κ2) is 9.64. The Morgan fingerprint density at radius 3 is 2.88 bits per heavy atom. The lowest BCUT2D eigenvalue weighted by Crippen LogP contribution is -2.52. The third-order valence-corrected chi connectivity index (χ3v) is 4.98. The fourth-order valence-electron chi connectivity index (χ4n) is 3.01. The number of rotatable bonds is 6. The van der Waals surface area contributed by atoms with Crippen LogP contribution in [-0.4, -0.2) is 48.5 Å². The van der Waals surface area contributed by atoms with Crippen molar-refractivity contribution < 1.29 is 9.59 Å². The number of nitrogens with two attached hydrogens (primary N) is 1. The first-order chi connectivity index (χ1) is 12.5. The summed E-state index contributed by atoms with van der Waals surface area (Å²) in [6, 6.07) is 6.72. The molecule has 7 heteroatoms. The topological polar surface area (TPSA) is 75.4 Å². The van der Waals surface area contributed by atoms with Gasteiger partial charge in [-0.3, -0.25) is 9.59 Å². The highest BCUT2D eigenvalue weighted by atomic mass is 32.1. The Hall–Kier alpha value is -1.99. The van der Waals surface area contributed by atoms with Gasteiger partial charge in [0, 0.05) is 12.3 Å². The van der Waals surface area contributed by atoms with Crippen molar-refractivity contribution in [2.75, 3.05) is 12.3 Å². The van der Waals surface area contributed by atoms with Crippen LogP contribution < -0.4 is 21.4 Å². The Labute approximate surface area is 160 Å². The molecule has 138 valence electrons. The number of allylic oxidation sites excluding steroid dienone is 2. The highest BCUT2D eigenvalue weighted by Crippen LogP contribution is 2.18. The number of benzene rings is 1. The highest BCUT2D eigenvalue weighted by Gasteiger charge is 2.35. The third-order valence-electron chi connectivity index (χ3n) is 4.59. The van der Waals surface area contributed by atoms with Gasteiger partial charge in [-0.1, -0.05) is 48.5 Å². The van der Waals surface area contributed by atoms with E-state index in [4.69, 9.17) is 5.73 Å². The first-order valence-electron chi connectivity index (χ1n) is 8.83. The average Bonchev–Trinajstić information content (AvgIpc) is 3.14. The summed E-state index contributed by atoms with van der Waals surface area (Å²) in [5.41, 5.74) is 6.77. The summed E-state index contributed by atoms with van der Waals surface area (Å²) < 4.78 is 0. The van der Waals surface area contributed by atoms with Crippen LogP contribution in [0.15, 0.2) is 35.8 Å². The van der Waals surface area contributed by atoms with Crippen LogP contribution in [0.1, 0.15) is 19.8 Å². The van der Waals surface area contributed by atoms with E-state index >= 15 is 0 Å². The van der Waals surface area contributed by atoms with Gasteiger partial charge in [0.25, 0.3) is 7.41 Å². The zero-order chi connectivity index (χ0) is 19.1. The van der Waals surface area contributed by atoms with Crippen LogP contribution in [0.25, 0.3) is 12.7 Å². The van der Waals surface area contributed by atoms with Gasteiger partial charge in [-0.05, 0) is 30.2 Å². The monoisotopic (exact) mass is 371 g/mol. The van der Waals surface area contributed by atoms with E-state index in [0.29, 0.717) is 20.4 Å². The Balaban J connectivity index is 2.03. The minimum atomic E-state index is -0.667. The van der Waals surface area contributed by atoms with E-state index < -0.39 is 12.1 Å². The van der Waals surface area contributed by atoms with E-state index in [-0.39, 0.29) is 17.6 Å². The quantitative estimate of drug-likeness (QED) is 0.466. The number of hydrogen-bond donors (Lipinski definition) is 3. The van der Waals surface area contributed by atoms with Crippen molar-refractivity contribution in [1.82, 2.24) is 10.1 Å². The van der Waals surface area contributed by atoms with Gasteiger partial charge in [0.1, 0.15) is 6.04 Å². The second-order valence-electron chi connectivity index (χ2n) is 6.40. The number of likely N-dealkylation sites (tertiary alicyclic amines) is 1. The summed E-state index contributed by atoms with van der Waals surface area (Å²) >= 11 is 4.08. The Morgan fingerprint density at radius 1 is 1.50 bits per heavy atom. The van der Waals surface area contributed by atoms with Crippen LogP contribution in [-0.2, 0) is 9.59 Å². The van der Waals surface area contributed by atoms with Crippen molar-refractivity contribution in [3.63, 3.8) is 0 Å². The normalized spacial score (nSPS) is 19.3. The summed E-state index contributed by atoms with van der Waals surface area (Å²) in [6.45, 7) is 6.51. The smallest absolute Gasteiger partial charge is 0.269 e. The molecule has 0 spiro atoms. The summed E-state index contributed by atoms with van der Waals surface area (Å²) in [4.78, 5) is 26.5. The zero-order valence-electron chi connectivity index (χ0n) is 15.1. The molecule has 1 aliphatic heterocycles. The molecule has 26 heavy (non-hydrogen) atoms. The number of nitrogens with one attached hydrogen (secondary N) is 1. The molecule has 1 heterocycles. The lowest BCUT2D eigenvalue weighted by Gasteiger charge is -2.26. The number of carbonyl (C=O) groups excluding carboxylic acids is 2. The van der Waals surface area contributed by atoms with Crippen LogP contribution in [0, 0.1) is 0 Å². The molecule has 3 N–H and O–H groups in total. The molecule has 0 saturated carbocycles. The van der Waals surface area contributed by atoms with E-state index in [9.17, 15) is 9.59 Å². The molecule has 2 atom stereocenters. The molecule has 0 aromatic heterocycles. The third kappa shape index (κ3) is 5.02. The van der Waals surface area contributed by atoms with Crippen molar-refractivity contribution in [3.8, 4) is 0 Å². The first kappa shape index (κ1) is 20.3. The molecule has 0 bridgehead atoms. The van der Waals surface area contributed by atoms with Gasteiger partial charge in [-0.25, -0.2) is 0 Å². The Bertz CT molecular complexity index is 796. The fourth-order valence-corrected chi connectivity index (χ4v) is 3.17. The maximum atomic E-state index is 12.6. The second-order valence-corrected chi connectivity index (χ2v) is 6.77. The molecule has 1 fully saturated rings. The summed E-state index contributed by atoms with van der Waals surface area (Å²) in [5, 5.41) is 4.90. The molecule has 2 unspecified atom stereocenters. The number of hydrogen-bond acceptors (Lipinski definition) is 4. The van der Waals surface area contributed by atoms with Crippen LogP contribution >= 0.6 is 12.6 Å². The van der Waals surface area contributed by atoms with Crippen molar-refractivity contribution in [2.45, 2.75) is 31.8 Å². The zero-order valence-corrected chi connectivity index (χ0v) is 16.0. The standard InChI is InChI=1S/C19H26BN3O2S/c1-3-15(11-14-8-5-4-7-13(14)2)20-22-18(24)17-9-6-10-23(17)19(25)16(21)12-26/h3-5,7-8,11,16-17,20,26H,2,6,9-10,12,21H2,1H3,(H,22,24)/b14-11-,15-3+. The first-order valence-corrected chi connectivity index (χ1v) is 9.46. The summed E-state index contributed by atoms with van der Waals surface area (Å²) in [7, 11) is 0.404. The van der Waals surface area contributed by atoms with E-state index in [1.54, 1.807) is 4.90 Å². The fraction of sp³-hybridized carbons (Fsp3) is 0.368. The van der Waals surface area contributed by atoms with Gasteiger partial charge < -0.3 is 15.9 Å². The predicted molar refractivity (Wildman–Crippen MR) is 111 cm³/mol. The van der Waals surface area contributed by atoms with Crippen molar-refractivity contribution in [3.05, 3.63) is 46.3 Å². The molecule has 5 nitrogen and oxygen atoms in total. The number of thiol groups is 1. The molecule has 2 amide bonds. The Kier molecular flexibility index (Phi) is 7.54. The van der Waals surface area contributed by atoms with Crippen LogP contribution in [0.2, 0.25) is 0 Å². The minimum absolute atomic E-state index is 0.141. The maximum Gasteiger partial charge on any atom is 0.269 e. The maximum absolute atomic E-state index is 12.6. The Morgan fingerprint density at radius 2 is 2.23 bits per heavy atom. The molecule has 1 saturated heterocycles. The molecular weight excluding hydrogens is 345 g/mol. The van der Waals surface area contributed by atoms with Gasteiger partial charge in [0.2, 0.25) is 11.8 Å². The van der Waals surface area contributed by atoms with Crippen LogP contribution in [0.5, 0.6) is 0 Å². The summed E-state index contributed by atoms with van der Waals surface area (Å²) in [6.07, 6.45) is 5.44. The van der Waals surface area contributed by atoms with Crippen molar-refractivity contribution in [1.29, 1.82) is 0 Å². The van der Waals surface area contributed by atoms with Gasteiger partial charge >= 0.3 is 0 Å². The molecular formula is C19H26BN3O2S. The average molecular weight is 371 g/mol. The van der Waals surface area contributed by atoms with E-state index in [1.807, 2.05) is 43.3 Å². The number of amides is 2. The SMILES string of the molecule is C=c1cccc/c1=C/C(BNC(=O)C1CCCN1C(=O)C(N)CS)=C\C. The summed E-state index contributed by atoms with van der Waals surface area (Å²) in [5.74, 6) is -0.0782. The van der Waals surface area contributed by atoms with E-state index in [1.165, 1.54) is 0 Å². The molecule has 2 rings (SSSR count). The minimum Gasteiger partial charge on any atom is -0.396 e. The van der Waals surface area contributed by atoms with Gasteiger partial charge in [0.05, 0.1) is 6.04 Å². The lowest BCUT2D eigenvalue weighted by molar-refractivity contribution is -0.138. The lowest BCUT2D eigenvalue weighted by atomic mass is 9.80. The van der Waals surface area contributed by atoms with Crippen molar-refractivity contribution in [2.24, 2.45) is 5.73 Å².